The molecule has 0 atom stereocenters. The fourth-order valence-electron chi connectivity index (χ4n) is 2.65. The van der Waals surface area contributed by atoms with Crippen molar-refractivity contribution in [1.29, 1.82) is 0 Å². The van der Waals surface area contributed by atoms with Gasteiger partial charge in [-0.15, -0.1) is 0 Å². The van der Waals surface area contributed by atoms with E-state index in [1.807, 2.05) is 22.8 Å². The molecule has 0 saturated carbocycles. The first kappa shape index (κ1) is 13.6. The summed E-state index contributed by atoms with van der Waals surface area (Å²) in [6.07, 6.45) is 0. The Bertz CT molecular complexity index is 818. The molecule has 4 heteroatoms. The molecule has 2 N–H and O–H groups in total. The van der Waals surface area contributed by atoms with Crippen molar-refractivity contribution in [1.82, 2.24) is 9.55 Å². The van der Waals surface area contributed by atoms with Gasteiger partial charge in [0.25, 0.3) is 0 Å². The third-order valence-electron chi connectivity index (χ3n) is 3.76. The van der Waals surface area contributed by atoms with Crippen LogP contribution in [-0.4, -0.2) is 9.55 Å². The first-order chi connectivity index (χ1) is 9.99. The van der Waals surface area contributed by atoms with E-state index < -0.39 is 0 Å². The second kappa shape index (κ2) is 4.88. The number of nitrogen functional groups attached to an aromatic ring is 1. The molecule has 0 fully saturated rings. The molecule has 3 rings (SSSR count). The first-order valence-electron chi connectivity index (χ1n) is 7.02. The molecule has 1 aromatic heterocycles. The quantitative estimate of drug-likeness (QED) is 0.766. The summed E-state index contributed by atoms with van der Waals surface area (Å²) in [4.78, 5) is 4.29. The highest BCUT2D eigenvalue weighted by atomic mass is 19.1. The second-order valence-electron chi connectivity index (χ2n) is 5.61. The van der Waals surface area contributed by atoms with E-state index in [4.69, 9.17) is 5.73 Å². The molecule has 0 radical (unpaired) electrons. The van der Waals surface area contributed by atoms with Gasteiger partial charge in [-0.1, -0.05) is 32.0 Å². The molecule has 1 heterocycles. The Hall–Kier alpha value is -2.36. The first-order valence-corrected chi connectivity index (χ1v) is 7.02. The van der Waals surface area contributed by atoms with E-state index in [1.54, 1.807) is 13.0 Å². The van der Waals surface area contributed by atoms with E-state index in [1.165, 1.54) is 11.6 Å². The third kappa shape index (κ3) is 2.17. The number of hydrogen-bond acceptors (Lipinski definition) is 2. The molecule has 0 unspecified atom stereocenters. The summed E-state index contributed by atoms with van der Waals surface area (Å²) in [7, 11) is 0. The number of halogens is 1. The highest BCUT2D eigenvalue weighted by Gasteiger charge is 2.15. The van der Waals surface area contributed by atoms with Gasteiger partial charge in [-0.25, -0.2) is 9.37 Å². The SMILES string of the molecule is Cc1cc2c(cc1F)nc(N)n2-c1ccccc1C(C)C. The summed E-state index contributed by atoms with van der Waals surface area (Å²) in [5.74, 6) is 0.479. The van der Waals surface area contributed by atoms with Crippen LogP contribution < -0.4 is 5.73 Å². The van der Waals surface area contributed by atoms with Crippen LogP contribution in [-0.2, 0) is 0 Å². The molecule has 0 aliphatic carbocycles. The third-order valence-corrected chi connectivity index (χ3v) is 3.76. The molecular weight excluding hydrogens is 265 g/mol. The van der Waals surface area contributed by atoms with Crippen molar-refractivity contribution in [2.24, 2.45) is 0 Å². The Balaban J connectivity index is 2.35. The van der Waals surface area contributed by atoms with Gasteiger partial charge in [0.15, 0.2) is 0 Å². The molecule has 108 valence electrons. The fraction of sp³-hybridized carbons (Fsp3) is 0.235. The van der Waals surface area contributed by atoms with Gasteiger partial charge in [0.2, 0.25) is 5.95 Å². The lowest BCUT2D eigenvalue weighted by Gasteiger charge is -2.15. The number of benzene rings is 2. The van der Waals surface area contributed by atoms with Crippen molar-refractivity contribution in [3.8, 4) is 5.69 Å². The van der Waals surface area contributed by atoms with Crippen molar-refractivity contribution in [2.45, 2.75) is 26.7 Å². The number of fused-ring (bicyclic) bond motifs is 1. The van der Waals surface area contributed by atoms with Crippen LogP contribution in [0.25, 0.3) is 16.7 Å². The summed E-state index contributed by atoms with van der Waals surface area (Å²) in [5.41, 5.74) is 10.3. The molecule has 21 heavy (non-hydrogen) atoms. The molecule has 0 spiro atoms. The average Bonchev–Trinajstić information content (AvgIpc) is 2.74. The van der Waals surface area contributed by atoms with Crippen LogP contribution in [0.2, 0.25) is 0 Å². The number of rotatable bonds is 2. The zero-order chi connectivity index (χ0) is 15.1. The van der Waals surface area contributed by atoms with Crippen molar-refractivity contribution in [3.63, 3.8) is 0 Å². The average molecular weight is 283 g/mol. The Kier molecular flexibility index (Phi) is 3.16. The van der Waals surface area contributed by atoms with Gasteiger partial charge in [-0.05, 0) is 36.1 Å². The lowest BCUT2D eigenvalue weighted by Crippen LogP contribution is -2.05. The minimum atomic E-state index is -0.260. The number of para-hydroxylation sites is 1. The lowest BCUT2D eigenvalue weighted by molar-refractivity contribution is 0.620. The molecule has 0 aliphatic rings. The van der Waals surface area contributed by atoms with Gasteiger partial charge < -0.3 is 5.73 Å². The minimum absolute atomic E-state index is 0.260. The monoisotopic (exact) mass is 283 g/mol. The number of aryl methyl sites for hydroxylation is 1. The van der Waals surface area contributed by atoms with E-state index >= 15 is 0 Å². The van der Waals surface area contributed by atoms with Crippen LogP contribution in [0, 0.1) is 12.7 Å². The highest BCUT2D eigenvalue weighted by Crippen LogP contribution is 2.30. The van der Waals surface area contributed by atoms with Gasteiger partial charge in [0, 0.05) is 6.07 Å². The van der Waals surface area contributed by atoms with Gasteiger partial charge in [0.05, 0.1) is 16.7 Å². The Labute approximate surface area is 123 Å². The number of imidazole rings is 1. The van der Waals surface area contributed by atoms with Crippen LogP contribution in [0.15, 0.2) is 36.4 Å². The van der Waals surface area contributed by atoms with Crippen LogP contribution in [0.4, 0.5) is 10.3 Å². The summed E-state index contributed by atoms with van der Waals surface area (Å²) in [6.45, 7) is 6.02. The Morgan fingerprint density at radius 2 is 1.90 bits per heavy atom. The van der Waals surface area contributed by atoms with E-state index in [-0.39, 0.29) is 5.82 Å². The van der Waals surface area contributed by atoms with E-state index in [2.05, 4.69) is 24.9 Å². The van der Waals surface area contributed by atoms with E-state index in [0.717, 1.165) is 11.2 Å². The molecule has 2 aromatic carbocycles. The number of hydrogen-bond donors (Lipinski definition) is 1. The van der Waals surface area contributed by atoms with Crippen molar-refractivity contribution in [3.05, 3.63) is 53.3 Å². The maximum Gasteiger partial charge on any atom is 0.205 e. The van der Waals surface area contributed by atoms with Gasteiger partial charge in [-0.2, -0.15) is 0 Å². The second-order valence-corrected chi connectivity index (χ2v) is 5.61. The maximum atomic E-state index is 13.7. The van der Waals surface area contributed by atoms with Crippen molar-refractivity contribution >= 4 is 17.0 Å². The summed E-state index contributed by atoms with van der Waals surface area (Å²) >= 11 is 0. The van der Waals surface area contributed by atoms with Gasteiger partial charge in [0.1, 0.15) is 5.82 Å². The molecule has 3 nitrogen and oxygen atoms in total. The fourth-order valence-corrected chi connectivity index (χ4v) is 2.65. The van der Waals surface area contributed by atoms with Crippen LogP contribution in [0.3, 0.4) is 0 Å². The van der Waals surface area contributed by atoms with Crippen molar-refractivity contribution in [2.75, 3.05) is 5.73 Å². The standard InChI is InChI=1S/C17H18FN3/c1-10(2)12-6-4-5-7-15(12)21-16-8-11(3)13(18)9-14(16)20-17(21)19/h4-10H,1-3H3,(H2,19,20). The maximum absolute atomic E-state index is 13.7. The summed E-state index contributed by atoms with van der Waals surface area (Å²) in [6, 6.07) is 11.3. The normalized spacial score (nSPS) is 11.5. The topological polar surface area (TPSA) is 43.8 Å². The zero-order valence-electron chi connectivity index (χ0n) is 12.4. The molecular formula is C17H18FN3. The van der Waals surface area contributed by atoms with Crippen LogP contribution >= 0.6 is 0 Å². The van der Waals surface area contributed by atoms with E-state index in [9.17, 15) is 4.39 Å². The number of nitrogens with two attached hydrogens (primary N) is 1. The Morgan fingerprint density at radius 3 is 2.62 bits per heavy atom. The lowest BCUT2D eigenvalue weighted by atomic mass is 10.0. The predicted octanol–water partition coefficient (Wildman–Crippen LogP) is 4.18. The van der Waals surface area contributed by atoms with Crippen LogP contribution in [0.1, 0.15) is 30.9 Å². The Morgan fingerprint density at radius 1 is 1.19 bits per heavy atom. The zero-order valence-corrected chi connectivity index (χ0v) is 12.4. The van der Waals surface area contributed by atoms with Gasteiger partial charge >= 0.3 is 0 Å². The number of anilines is 1. The summed E-state index contributed by atoms with van der Waals surface area (Å²) in [5, 5.41) is 0. The number of aromatic nitrogens is 2. The van der Waals surface area contributed by atoms with E-state index in [0.29, 0.717) is 22.9 Å². The predicted molar refractivity (Wildman–Crippen MR) is 84.3 cm³/mol. The summed E-state index contributed by atoms with van der Waals surface area (Å²) < 4.78 is 15.6. The number of nitrogens with zero attached hydrogens (tertiary/aromatic N) is 2. The molecule has 0 bridgehead atoms. The van der Waals surface area contributed by atoms with Gasteiger partial charge in [-0.3, -0.25) is 4.57 Å². The molecule has 0 aliphatic heterocycles. The highest BCUT2D eigenvalue weighted by molar-refractivity contribution is 5.82. The van der Waals surface area contributed by atoms with Crippen LogP contribution in [0.5, 0.6) is 0 Å². The molecule has 0 saturated heterocycles. The molecule has 0 amide bonds. The minimum Gasteiger partial charge on any atom is -0.369 e. The van der Waals surface area contributed by atoms with Crippen molar-refractivity contribution < 1.29 is 4.39 Å². The largest absolute Gasteiger partial charge is 0.369 e. The molecule has 3 aromatic rings. The smallest absolute Gasteiger partial charge is 0.205 e.